The molecule has 0 fully saturated rings. The van der Waals surface area contributed by atoms with Crippen LogP contribution in [0, 0.1) is 0 Å². The first-order valence-corrected chi connectivity index (χ1v) is 6.34. The number of benzene rings is 1. The largest absolute Gasteiger partial charge is 0.492 e. The predicted molar refractivity (Wildman–Crippen MR) is 75.6 cm³/mol. The minimum Gasteiger partial charge on any atom is -0.492 e. The van der Waals surface area contributed by atoms with Gasteiger partial charge in [-0.05, 0) is 26.0 Å². The van der Waals surface area contributed by atoms with Crippen molar-refractivity contribution in [2.75, 3.05) is 19.5 Å². The average molecular weight is 280 g/mol. The Labute approximate surface area is 118 Å². The van der Waals surface area contributed by atoms with E-state index in [4.69, 9.17) is 10.5 Å². The van der Waals surface area contributed by atoms with E-state index in [0.29, 0.717) is 5.75 Å². The lowest BCUT2D eigenvalue weighted by Gasteiger charge is -2.12. The van der Waals surface area contributed by atoms with Crippen LogP contribution in [0.15, 0.2) is 18.2 Å². The van der Waals surface area contributed by atoms with Crippen LogP contribution in [0.3, 0.4) is 0 Å². The highest BCUT2D eigenvalue weighted by Gasteiger charge is 2.16. The van der Waals surface area contributed by atoms with Crippen molar-refractivity contribution < 1.29 is 19.1 Å². The Morgan fingerprint density at radius 2 is 2.05 bits per heavy atom. The van der Waals surface area contributed by atoms with Crippen molar-refractivity contribution in [3.05, 3.63) is 23.8 Å². The van der Waals surface area contributed by atoms with E-state index in [9.17, 15) is 9.59 Å². The van der Waals surface area contributed by atoms with Crippen molar-refractivity contribution >= 4 is 17.6 Å². The summed E-state index contributed by atoms with van der Waals surface area (Å²) in [4.78, 5) is 23.1. The number of anilines is 1. The van der Waals surface area contributed by atoms with Gasteiger partial charge in [-0.2, -0.15) is 0 Å². The molecule has 1 aromatic rings. The molecule has 3 N–H and O–H groups in total. The Bertz CT molecular complexity index is 486. The zero-order valence-electron chi connectivity index (χ0n) is 11.9. The molecule has 0 saturated heterocycles. The summed E-state index contributed by atoms with van der Waals surface area (Å²) in [6.07, 6.45) is 0.202. The van der Waals surface area contributed by atoms with Gasteiger partial charge in [0, 0.05) is 11.7 Å². The molecule has 110 valence electrons. The van der Waals surface area contributed by atoms with Gasteiger partial charge in [0.1, 0.15) is 11.3 Å². The molecule has 0 unspecified atom stereocenters. The minimum atomic E-state index is -0.565. The maximum atomic E-state index is 11.6. The molecule has 0 heterocycles. The fourth-order valence-electron chi connectivity index (χ4n) is 1.64. The zero-order chi connectivity index (χ0) is 15.1. The smallest absolute Gasteiger partial charge is 0.343 e. The third-order valence-electron chi connectivity index (χ3n) is 2.48. The van der Waals surface area contributed by atoms with Gasteiger partial charge in [0.2, 0.25) is 5.91 Å². The summed E-state index contributed by atoms with van der Waals surface area (Å²) < 4.78 is 10.1. The molecule has 0 aromatic heterocycles. The van der Waals surface area contributed by atoms with Crippen LogP contribution in [-0.2, 0) is 9.53 Å². The number of hydrogen-bond donors (Lipinski definition) is 2. The second-order valence-electron chi connectivity index (χ2n) is 4.53. The van der Waals surface area contributed by atoms with Gasteiger partial charge in [0.15, 0.2) is 0 Å². The number of ether oxygens (including phenoxy) is 2. The first-order chi connectivity index (χ1) is 9.45. The van der Waals surface area contributed by atoms with E-state index in [1.54, 1.807) is 18.2 Å². The highest BCUT2D eigenvalue weighted by atomic mass is 16.5. The van der Waals surface area contributed by atoms with Crippen molar-refractivity contribution in [1.29, 1.82) is 0 Å². The molecule has 6 nitrogen and oxygen atoms in total. The number of nitrogens with one attached hydrogen (secondary N) is 1. The predicted octanol–water partition coefficient (Wildman–Crippen LogP) is 1.35. The number of esters is 1. The summed E-state index contributed by atoms with van der Waals surface area (Å²) in [5.41, 5.74) is 6.19. The molecule has 0 spiro atoms. The molecule has 0 atom stereocenters. The Morgan fingerprint density at radius 3 is 2.65 bits per heavy atom. The molecular weight excluding hydrogens is 260 g/mol. The highest BCUT2D eigenvalue weighted by Crippen LogP contribution is 2.25. The second kappa shape index (κ2) is 7.37. The number of nitrogen functional groups attached to an aromatic ring is 1. The number of rotatable bonds is 6. The van der Waals surface area contributed by atoms with Gasteiger partial charge >= 0.3 is 5.97 Å². The summed E-state index contributed by atoms with van der Waals surface area (Å²) in [5, 5.41) is 2.75. The van der Waals surface area contributed by atoms with E-state index in [-0.39, 0.29) is 36.2 Å². The summed E-state index contributed by atoms with van der Waals surface area (Å²) >= 11 is 0. The number of carbonyl (C=O) groups excluding carboxylic acids is 2. The average Bonchev–Trinajstić information content (AvgIpc) is 2.37. The Kier molecular flexibility index (Phi) is 5.83. The summed E-state index contributed by atoms with van der Waals surface area (Å²) in [5.74, 6) is -0.359. The van der Waals surface area contributed by atoms with Crippen molar-refractivity contribution in [1.82, 2.24) is 5.32 Å². The van der Waals surface area contributed by atoms with E-state index in [2.05, 4.69) is 10.1 Å². The van der Waals surface area contributed by atoms with Crippen molar-refractivity contribution in [2.24, 2.45) is 0 Å². The van der Waals surface area contributed by atoms with Crippen molar-refractivity contribution in [3.63, 3.8) is 0 Å². The molecule has 6 heteroatoms. The monoisotopic (exact) mass is 280 g/mol. The van der Waals surface area contributed by atoms with E-state index < -0.39 is 5.97 Å². The van der Waals surface area contributed by atoms with Gasteiger partial charge in [0.05, 0.1) is 20.1 Å². The first-order valence-electron chi connectivity index (χ1n) is 6.34. The number of carbonyl (C=O) groups is 2. The number of nitrogens with two attached hydrogens (primary N) is 1. The van der Waals surface area contributed by atoms with Crippen LogP contribution in [0.25, 0.3) is 0 Å². The lowest BCUT2D eigenvalue weighted by Crippen LogP contribution is -2.31. The Balaban J connectivity index is 2.67. The highest BCUT2D eigenvalue weighted by molar-refractivity contribution is 5.98. The molecular formula is C14H20N2O4. The Morgan fingerprint density at radius 1 is 1.35 bits per heavy atom. The number of hydrogen-bond acceptors (Lipinski definition) is 5. The first kappa shape index (κ1) is 15.8. The van der Waals surface area contributed by atoms with Crippen molar-refractivity contribution in [2.45, 2.75) is 26.3 Å². The van der Waals surface area contributed by atoms with E-state index in [0.717, 1.165) is 0 Å². The van der Waals surface area contributed by atoms with Crippen LogP contribution in [0.1, 0.15) is 30.6 Å². The summed E-state index contributed by atoms with van der Waals surface area (Å²) in [7, 11) is 1.27. The zero-order valence-corrected chi connectivity index (χ0v) is 11.9. The second-order valence-corrected chi connectivity index (χ2v) is 4.53. The van der Waals surface area contributed by atoms with Gasteiger partial charge in [-0.15, -0.1) is 0 Å². The van der Waals surface area contributed by atoms with Gasteiger partial charge < -0.3 is 20.5 Å². The molecule has 0 bridgehead atoms. The minimum absolute atomic E-state index is 0.0838. The summed E-state index contributed by atoms with van der Waals surface area (Å²) in [6, 6.07) is 4.96. The van der Waals surface area contributed by atoms with Crippen LogP contribution in [0.2, 0.25) is 0 Å². The van der Waals surface area contributed by atoms with Gasteiger partial charge in [0.25, 0.3) is 0 Å². The van der Waals surface area contributed by atoms with E-state index in [1.165, 1.54) is 7.11 Å². The third-order valence-corrected chi connectivity index (χ3v) is 2.48. The quantitative estimate of drug-likeness (QED) is 0.606. The fraction of sp³-hybridized carbons (Fsp3) is 0.429. The van der Waals surface area contributed by atoms with Gasteiger partial charge in [-0.25, -0.2) is 4.79 Å². The van der Waals surface area contributed by atoms with Crippen LogP contribution in [-0.4, -0.2) is 31.6 Å². The van der Waals surface area contributed by atoms with Crippen LogP contribution in [0.5, 0.6) is 5.75 Å². The van der Waals surface area contributed by atoms with Crippen molar-refractivity contribution in [3.8, 4) is 5.75 Å². The maximum Gasteiger partial charge on any atom is 0.343 e. The van der Waals surface area contributed by atoms with Gasteiger partial charge in [-0.3, -0.25) is 4.79 Å². The molecule has 1 rings (SSSR count). The molecule has 1 amide bonds. The molecule has 0 aliphatic rings. The lowest BCUT2D eigenvalue weighted by atomic mass is 10.1. The van der Waals surface area contributed by atoms with Crippen LogP contribution >= 0.6 is 0 Å². The number of amides is 1. The van der Waals surface area contributed by atoms with E-state index in [1.807, 2.05) is 13.8 Å². The normalized spacial score (nSPS) is 10.2. The third kappa shape index (κ3) is 4.46. The molecule has 0 aliphatic carbocycles. The van der Waals surface area contributed by atoms with E-state index >= 15 is 0 Å². The molecule has 0 aliphatic heterocycles. The fourth-order valence-corrected chi connectivity index (χ4v) is 1.64. The maximum absolute atomic E-state index is 11.6. The molecule has 0 radical (unpaired) electrons. The van der Waals surface area contributed by atoms with Gasteiger partial charge in [-0.1, -0.05) is 6.07 Å². The van der Waals surface area contributed by atoms with Crippen LogP contribution in [0.4, 0.5) is 5.69 Å². The topological polar surface area (TPSA) is 90.7 Å². The molecule has 1 aromatic carbocycles. The molecule has 0 saturated carbocycles. The summed E-state index contributed by atoms with van der Waals surface area (Å²) in [6.45, 7) is 3.92. The van der Waals surface area contributed by atoms with Crippen LogP contribution < -0.4 is 15.8 Å². The standard InChI is InChI=1S/C14H20N2O4/c1-9(2)16-12(17)7-8-20-11-6-4-5-10(15)13(11)14(18)19-3/h4-6,9H,7-8,15H2,1-3H3,(H,16,17). The number of methoxy groups -OCH3 is 1. The Hall–Kier alpha value is -2.24. The lowest BCUT2D eigenvalue weighted by molar-refractivity contribution is -0.122. The molecule has 20 heavy (non-hydrogen) atoms. The SMILES string of the molecule is COC(=O)c1c(N)cccc1OCCC(=O)NC(C)C.